The number of nitrogens with one attached hydrogen (secondary N) is 2. The Morgan fingerprint density at radius 1 is 0.900 bits per heavy atom. The Morgan fingerprint density at radius 3 is 2.00 bits per heavy atom. The normalized spacial score (nSPS) is 11.1. The Bertz CT molecular complexity index is 910. The van der Waals surface area contributed by atoms with Gasteiger partial charge in [-0.3, -0.25) is 9.59 Å². The van der Waals surface area contributed by atoms with Crippen LogP contribution in [0.4, 0.5) is 16.2 Å². The maximum Gasteiger partial charge on any atom is 0.513 e. The van der Waals surface area contributed by atoms with Crippen LogP contribution < -0.4 is 15.4 Å². The summed E-state index contributed by atoms with van der Waals surface area (Å²) >= 11 is 0. The Balaban J connectivity index is 1.92. The van der Waals surface area contributed by atoms with Crippen LogP contribution in [0.3, 0.4) is 0 Å². The summed E-state index contributed by atoms with van der Waals surface area (Å²) in [6.07, 6.45) is 2.54. The highest BCUT2D eigenvalue weighted by molar-refractivity contribution is 6.04. The molecular weight excluding hydrogens is 384 g/mol. The molecule has 0 unspecified atom stereocenters. The van der Waals surface area contributed by atoms with E-state index < -0.39 is 6.16 Å². The third-order valence-corrected chi connectivity index (χ3v) is 3.72. The van der Waals surface area contributed by atoms with Crippen LogP contribution in [-0.4, -0.2) is 24.6 Å². The SMILES string of the molecule is CCOC(=O)Oc1ccc(C(=O)Nc2ccc(NC(=O)/C=C/C(C)(C)C)cc2)cc1. The van der Waals surface area contributed by atoms with Gasteiger partial charge in [0.1, 0.15) is 5.75 Å². The smallest absolute Gasteiger partial charge is 0.434 e. The van der Waals surface area contributed by atoms with Gasteiger partial charge in [-0.25, -0.2) is 4.79 Å². The molecule has 0 aliphatic carbocycles. The van der Waals surface area contributed by atoms with Gasteiger partial charge in [-0.05, 0) is 66.9 Å². The van der Waals surface area contributed by atoms with Gasteiger partial charge >= 0.3 is 6.16 Å². The standard InChI is InChI=1S/C23H26N2O5/c1-5-29-22(28)30-19-12-6-16(7-13-19)21(27)25-18-10-8-17(9-11-18)24-20(26)14-15-23(2,3)4/h6-15H,5H2,1-4H3,(H,24,26)(H,25,27)/b15-14+. The van der Waals surface area contributed by atoms with Crippen molar-refractivity contribution in [2.45, 2.75) is 27.7 Å². The molecule has 0 saturated carbocycles. The summed E-state index contributed by atoms with van der Waals surface area (Å²) in [4.78, 5) is 35.6. The molecule has 2 aromatic carbocycles. The van der Waals surface area contributed by atoms with Crippen molar-refractivity contribution in [3.63, 3.8) is 0 Å². The van der Waals surface area contributed by atoms with Crippen LogP contribution in [0.1, 0.15) is 38.1 Å². The number of benzene rings is 2. The van der Waals surface area contributed by atoms with Gasteiger partial charge in [0, 0.05) is 16.9 Å². The minimum atomic E-state index is -0.796. The number of hydrogen-bond donors (Lipinski definition) is 2. The van der Waals surface area contributed by atoms with Gasteiger partial charge in [-0.15, -0.1) is 0 Å². The first-order valence-electron chi connectivity index (χ1n) is 9.52. The molecule has 2 N–H and O–H groups in total. The fourth-order valence-corrected chi connectivity index (χ4v) is 2.27. The van der Waals surface area contributed by atoms with Gasteiger partial charge in [0.15, 0.2) is 0 Å². The number of anilines is 2. The van der Waals surface area contributed by atoms with Crippen molar-refractivity contribution >= 4 is 29.3 Å². The van der Waals surface area contributed by atoms with Crippen LogP contribution in [-0.2, 0) is 9.53 Å². The summed E-state index contributed by atoms with van der Waals surface area (Å²) in [5.41, 5.74) is 1.53. The van der Waals surface area contributed by atoms with Crippen LogP contribution in [0.2, 0.25) is 0 Å². The molecule has 7 heteroatoms. The Labute approximate surface area is 176 Å². The molecule has 2 aromatic rings. The van der Waals surface area contributed by atoms with Gasteiger partial charge in [-0.1, -0.05) is 26.8 Å². The highest BCUT2D eigenvalue weighted by Gasteiger charge is 2.09. The maximum atomic E-state index is 12.4. The van der Waals surface area contributed by atoms with Crippen molar-refractivity contribution in [2.75, 3.05) is 17.2 Å². The molecule has 0 aliphatic heterocycles. The number of ether oxygens (including phenoxy) is 2. The van der Waals surface area contributed by atoms with Crippen molar-refractivity contribution in [3.05, 3.63) is 66.2 Å². The van der Waals surface area contributed by atoms with E-state index in [-0.39, 0.29) is 29.6 Å². The molecule has 0 atom stereocenters. The molecule has 30 heavy (non-hydrogen) atoms. The van der Waals surface area contributed by atoms with Crippen molar-refractivity contribution in [2.24, 2.45) is 5.41 Å². The van der Waals surface area contributed by atoms with Crippen LogP contribution in [0.15, 0.2) is 60.7 Å². The summed E-state index contributed by atoms with van der Waals surface area (Å²) in [5, 5.41) is 5.53. The Morgan fingerprint density at radius 2 is 1.47 bits per heavy atom. The van der Waals surface area contributed by atoms with E-state index >= 15 is 0 Å². The quantitative estimate of drug-likeness (QED) is 0.396. The summed E-state index contributed by atoms with van der Waals surface area (Å²) in [6.45, 7) is 7.92. The third-order valence-electron chi connectivity index (χ3n) is 3.72. The van der Waals surface area contributed by atoms with Gasteiger partial charge in [0.05, 0.1) is 6.61 Å². The van der Waals surface area contributed by atoms with Crippen molar-refractivity contribution < 1.29 is 23.9 Å². The first-order chi connectivity index (χ1) is 14.2. The van der Waals surface area contributed by atoms with Crippen LogP contribution in [0.25, 0.3) is 0 Å². The van der Waals surface area contributed by atoms with E-state index in [1.807, 2.05) is 26.8 Å². The van der Waals surface area contributed by atoms with Crippen molar-refractivity contribution in [1.29, 1.82) is 0 Å². The molecule has 0 aromatic heterocycles. The van der Waals surface area contributed by atoms with E-state index in [0.717, 1.165) is 0 Å². The summed E-state index contributed by atoms with van der Waals surface area (Å²) < 4.78 is 9.65. The first kappa shape index (κ1) is 22.7. The van der Waals surface area contributed by atoms with E-state index in [1.54, 1.807) is 43.3 Å². The summed E-state index contributed by atoms with van der Waals surface area (Å²) in [5.74, 6) is -0.250. The highest BCUT2D eigenvalue weighted by Crippen LogP contribution is 2.18. The van der Waals surface area contributed by atoms with Gasteiger partial charge < -0.3 is 20.1 Å². The minimum Gasteiger partial charge on any atom is -0.434 e. The van der Waals surface area contributed by atoms with Gasteiger partial charge in [-0.2, -0.15) is 0 Å². The molecule has 2 amide bonds. The van der Waals surface area contributed by atoms with E-state index in [4.69, 9.17) is 9.47 Å². The molecule has 0 radical (unpaired) electrons. The fraction of sp³-hybridized carbons (Fsp3) is 0.261. The Kier molecular flexibility index (Phi) is 7.75. The zero-order chi connectivity index (χ0) is 22.1. The topological polar surface area (TPSA) is 93.7 Å². The number of allylic oxidation sites excluding steroid dienone is 1. The summed E-state index contributed by atoms with van der Waals surface area (Å²) in [6, 6.07) is 12.9. The molecule has 158 valence electrons. The molecule has 2 rings (SSSR count). The largest absolute Gasteiger partial charge is 0.513 e. The van der Waals surface area contributed by atoms with Crippen LogP contribution in [0, 0.1) is 5.41 Å². The zero-order valence-corrected chi connectivity index (χ0v) is 17.5. The average Bonchev–Trinajstić information content (AvgIpc) is 2.68. The third kappa shape index (κ3) is 7.79. The predicted octanol–water partition coefficient (Wildman–Crippen LogP) is 5.02. The number of carbonyl (C=O) groups is 3. The molecule has 0 spiro atoms. The maximum absolute atomic E-state index is 12.4. The fourth-order valence-electron chi connectivity index (χ4n) is 2.27. The Hall–Kier alpha value is -3.61. The van der Waals surface area contributed by atoms with Crippen LogP contribution >= 0.6 is 0 Å². The van der Waals surface area contributed by atoms with E-state index in [2.05, 4.69) is 10.6 Å². The van der Waals surface area contributed by atoms with E-state index in [0.29, 0.717) is 16.9 Å². The lowest BCUT2D eigenvalue weighted by atomic mass is 9.96. The number of rotatable bonds is 6. The van der Waals surface area contributed by atoms with E-state index in [9.17, 15) is 14.4 Å². The number of carbonyl (C=O) groups excluding carboxylic acids is 3. The van der Waals surface area contributed by atoms with E-state index in [1.165, 1.54) is 18.2 Å². The first-order valence-corrected chi connectivity index (χ1v) is 9.52. The second kappa shape index (κ2) is 10.2. The van der Waals surface area contributed by atoms with Crippen molar-refractivity contribution in [3.8, 4) is 5.75 Å². The van der Waals surface area contributed by atoms with Crippen LogP contribution in [0.5, 0.6) is 5.75 Å². The molecular formula is C23H26N2O5. The molecule has 0 fully saturated rings. The zero-order valence-electron chi connectivity index (χ0n) is 17.5. The molecule has 0 bridgehead atoms. The average molecular weight is 410 g/mol. The lowest BCUT2D eigenvalue weighted by Crippen LogP contribution is -2.13. The molecule has 0 heterocycles. The van der Waals surface area contributed by atoms with Gasteiger partial charge in [0.2, 0.25) is 5.91 Å². The second-order valence-electron chi connectivity index (χ2n) is 7.53. The monoisotopic (exact) mass is 410 g/mol. The number of hydrogen-bond acceptors (Lipinski definition) is 5. The number of amides is 2. The lowest BCUT2D eigenvalue weighted by molar-refractivity contribution is -0.112. The lowest BCUT2D eigenvalue weighted by Gasteiger charge is -2.11. The van der Waals surface area contributed by atoms with Crippen molar-refractivity contribution in [1.82, 2.24) is 0 Å². The minimum absolute atomic E-state index is 0.0748. The molecule has 0 aliphatic rings. The van der Waals surface area contributed by atoms with Gasteiger partial charge in [0.25, 0.3) is 5.91 Å². The second-order valence-corrected chi connectivity index (χ2v) is 7.53. The molecule has 7 nitrogen and oxygen atoms in total. The predicted molar refractivity (Wildman–Crippen MR) is 116 cm³/mol. The highest BCUT2D eigenvalue weighted by atomic mass is 16.7. The molecule has 0 saturated heterocycles. The summed E-state index contributed by atoms with van der Waals surface area (Å²) in [7, 11) is 0.